The molecule has 0 aromatic carbocycles. The number of nitrogens with one attached hydrogen (secondary N) is 1. The van der Waals surface area contributed by atoms with Crippen molar-refractivity contribution in [3.63, 3.8) is 0 Å². The van der Waals surface area contributed by atoms with Crippen molar-refractivity contribution in [2.24, 2.45) is 0 Å². The zero-order valence-corrected chi connectivity index (χ0v) is 8.90. The summed E-state index contributed by atoms with van der Waals surface area (Å²) in [5.41, 5.74) is 0. The molecule has 0 radical (unpaired) electrons. The molecule has 0 rings (SSSR count). The molecule has 15 heavy (non-hydrogen) atoms. The minimum Gasteiger partial charge on any atom is -0.395 e. The molecule has 0 fully saturated rings. The van der Waals surface area contributed by atoms with Crippen LogP contribution in [-0.2, 0) is 9.59 Å². The lowest BCUT2D eigenvalue weighted by atomic mass is 10.3. The minimum atomic E-state index is -0.188. The zero-order valence-electron chi connectivity index (χ0n) is 8.90. The average Bonchev–Trinajstić information content (AvgIpc) is 2.16. The molecule has 0 saturated heterocycles. The summed E-state index contributed by atoms with van der Waals surface area (Å²) in [6.07, 6.45) is 0.180. The first-order valence-electron chi connectivity index (χ1n) is 4.85. The van der Waals surface area contributed by atoms with Crippen molar-refractivity contribution in [1.29, 1.82) is 0 Å². The van der Waals surface area contributed by atoms with Gasteiger partial charge in [0.25, 0.3) is 0 Å². The van der Waals surface area contributed by atoms with Crippen LogP contribution in [0.5, 0.6) is 0 Å². The predicted molar refractivity (Wildman–Crippen MR) is 54.1 cm³/mol. The molecule has 0 aliphatic heterocycles. The molecule has 2 amide bonds. The van der Waals surface area contributed by atoms with E-state index in [1.807, 2.05) is 0 Å². The Labute approximate surface area is 88.9 Å². The van der Waals surface area contributed by atoms with Gasteiger partial charge in [0, 0.05) is 33.0 Å². The number of hydrogen-bond acceptors (Lipinski definition) is 4. The van der Waals surface area contributed by atoms with E-state index in [4.69, 9.17) is 10.2 Å². The quantitative estimate of drug-likeness (QED) is 0.476. The van der Waals surface area contributed by atoms with E-state index < -0.39 is 0 Å². The van der Waals surface area contributed by atoms with E-state index in [1.165, 1.54) is 11.8 Å². The standard InChI is InChI=1S/C9H18N2O4/c1-8(14)10-3-2-9(15)11(4-6-12)5-7-13/h12-13H,2-7H2,1H3,(H,10,14). The Morgan fingerprint density at radius 3 is 2.13 bits per heavy atom. The van der Waals surface area contributed by atoms with Crippen molar-refractivity contribution in [3.05, 3.63) is 0 Å². The van der Waals surface area contributed by atoms with E-state index in [2.05, 4.69) is 5.32 Å². The Morgan fingerprint density at radius 2 is 1.73 bits per heavy atom. The highest BCUT2D eigenvalue weighted by atomic mass is 16.3. The summed E-state index contributed by atoms with van der Waals surface area (Å²) in [4.78, 5) is 23.4. The van der Waals surface area contributed by atoms with E-state index in [9.17, 15) is 9.59 Å². The lowest BCUT2D eigenvalue weighted by Gasteiger charge is -2.20. The minimum absolute atomic E-state index is 0.133. The summed E-state index contributed by atoms with van der Waals surface area (Å²) < 4.78 is 0. The van der Waals surface area contributed by atoms with E-state index in [0.29, 0.717) is 0 Å². The highest BCUT2D eigenvalue weighted by Gasteiger charge is 2.11. The fourth-order valence-corrected chi connectivity index (χ4v) is 1.11. The Morgan fingerprint density at radius 1 is 1.20 bits per heavy atom. The molecular formula is C9H18N2O4. The molecule has 0 spiro atoms. The van der Waals surface area contributed by atoms with Crippen molar-refractivity contribution < 1.29 is 19.8 Å². The third-order valence-electron chi connectivity index (χ3n) is 1.81. The van der Waals surface area contributed by atoms with Gasteiger partial charge in [-0.25, -0.2) is 0 Å². The van der Waals surface area contributed by atoms with Gasteiger partial charge in [-0.05, 0) is 0 Å². The highest BCUT2D eigenvalue weighted by Crippen LogP contribution is 1.93. The first-order valence-corrected chi connectivity index (χ1v) is 4.85. The zero-order chi connectivity index (χ0) is 11.7. The molecule has 0 atom stereocenters. The van der Waals surface area contributed by atoms with Crippen molar-refractivity contribution in [1.82, 2.24) is 10.2 Å². The summed E-state index contributed by atoms with van der Waals surface area (Å²) in [7, 11) is 0. The second-order valence-corrected chi connectivity index (χ2v) is 3.06. The van der Waals surface area contributed by atoms with Gasteiger partial charge < -0.3 is 20.4 Å². The van der Waals surface area contributed by atoms with Crippen LogP contribution in [0.3, 0.4) is 0 Å². The van der Waals surface area contributed by atoms with Crippen LogP contribution in [0.4, 0.5) is 0 Å². The number of carbonyl (C=O) groups excluding carboxylic acids is 2. The van der Waals surface area contributed by atoms with E-state index in [0.717, 1.165) is 0 Å². The van der Waals surface area contributed by atoms with Gasteiger partial charge in [0.2, 0.25) is 11.8 Å². The molecule has 3 N–H and O–H groups in total. The third-order valence-corrected chi connectivity index (χ3v) is 1.81. The lowest BCUT2D eigenvalue weighted by molar-refractivity contribution is -0.132. The van der Waals surface area contributed by atoms with Crippen molar-refractivity contribution in [3.8, 4) is 0 Å². The largest absolute Gasteiger partial charge is 0.395 e. The molecule has 0 heterocycles. The number of hydrogen-bond donors (Lipinski definition) is 3. The third kappa shape index (κ3) is 6.87. The molecule has 0 aromatic heterocycles. The number of aliphatic hydroxyl groups excluding tert-OH is 2. The number of carbonyl (C=O) groups is 2. The van der Waals surface area contributed by atoms with Gasteiger partial charge in [-0.2, -0.15) is 0 Å². The van der Waals surface area contributed by atoms with Gasteiger partial charge in [0.05, 0.1) is 13.2 Å². The number of amides is 2. The number of nitrogens with zero attached hydrogens (tertiary/aromatic N) is 1. The topological polar surface area (TPSA) is 89.9 Å². The Bertz CT molecular complexity index is 202. The second-order valence-electron chi connectivity index (χ2n) is 3.06. The van der Waals surface area contributed by atoms with Crippen LogP contribution < -0.4 is 5.32 Å². The predicted octanol–water partition coefficient (Wildman–Crippen LogP) is -1.67. The highest BCUT2D eigenvalue weighted by molar-refractivity contribution is 5.78. The molecule has 0 aliphatic carbocycles. The number of rotatable bonds is 7. The van der Waals surface area contributed by atoms with Crippen LogP contribution in [0.1, 0.15) is 13.3 Å². The molecule has 6 nitrogen and oxygen atoms in total. The van der Waals surface area contributed by atoms with E-state index in [1.54, 1.807) is 0 Å². The molecule has 0 aromatic rings. The van der Waals surface area contributed by atoms with Crippen LogP contribution in [-0.4, -0.2) is 59.8 Å². The van der Waals surface area contributed by atoms with Crippen molar-refractivity contribution in [2.45, 2.75) is 13.3 Å². The van der Waals surface area contributed by atoms with E-state index >= 15 is 0 Å². The monoisotopic (exact) mass is 218 g/mol. The number of aliphatic hydroxyl groups is 2. The van der Waals surface area contributed by atoms with Crippen LogP contribution in [0.15, 0.2) is 0 Å². The Kier molecular flexibility index (Phi) is 7.57. The van der Waals surface area contributed by atoms with Gasteiger partial charge in [0.1, 0.15) is 0 Å². The van der Waals surface area contributed by atoms with Gasteiger partial charge in [-0.15, -0.1) is 0 Å². The van der Waals surface area contributed by atoms with Crippen LogP contribution in [0.25, 0.3) is 0 Å². The Balaban J connectivity index is 3.85. The summed E-state index contributed by atoms with van der Waals surface area (Å²) in [5, 5.41) is 19.9. The second kappa shape index (κ2) is 8.19. The van der Waals surface area contributed by atoms with Crippen LogP contribution in [0.2, 0.25) is 0 Å². The molecule has 0 bridgehead atoms. The molecule has 6 heteroatoms. The molecule has 0 unspecified atom stereocenters. The molecule has 88 valence electrons. The fourth-order valence-electron chi connectivity index (χ4n) is 1.11. The van der Waals surface area contributed by atoms with Gasteiger partial charge in [-0.3, -0.25) is 9.59 Å². The van der Waals surface area contributed by atoms with E-state index in [-0.39, 0.29) is 51.1 Å². The summed E-state index contributed by atoms with van der Waals surface area (Å²) in [6.45, 7) is 1.81. The first-order chi connectivity index (χ1) is 7.11. The van der Waals surface area contributed by atoms with Crippen LogP contribution in [0, 0.1) is 0 Å². The van der Waals surface area contributed by atoms with Crippen LogP contribution >= 0.6 is 0 Å². The smallest absolute Gasteiger partial charge is 0.224 e. The van der Waals surface area contributed by atoms with Gasteiger partial charge in [0.15, 0.2) is 0 Å². The lowest BCUT2D eigenvalue weighted by Crippen LogP contribution is -2.37. The maximum absolute atomic E-state index is 11.5. The van der Waals surface area contributed by atoms with Crippen molar-refractivity contribution >= 4 is 11.8 Å². The molecular weight excluding hydrogens is 200 g/mol. The maximum atomic E-state index is 11.5. The maximum Gasteiger partial charge on any atom is 0.224 e. The molecule has 0 saturated carbocycles. The Hall–Kier alpha value is -1.14. The molecule has 0 aliphatic rings. The summed E-state index contributed by atoms with van der Waals surface area (Å²) in [6, 6.07) is 0. The fraction of sp³-hybridized carbons (Fsp3) is 0.778. The normalized spacial score (nSPS) is 9.80. The SMILES string of the molecule is CC(=O)NCCC(=O)N(CCO)CCO. The van der Waals surface area contributed by atoms with Gasteiger partial charge >= 0.3 is 0 Å². The first kappa shape index (κ1) is 13.9. The summed E-state index contributed by atoms with van der Waals surface area (Å²) in [5.74, 6) is -0.370. The average molecular weight is 218 g/mol. The summed E-state index contributed by atoms with van der Waals surface area (Å²) >= 11 is 0. The van der Waals surface area contributed by atoms with Gasteiger partial charge in [-0.1, -0.05) is 0 Å². The van der Waals surface area contributed by atoms with Crippen molar-refractivity contribution in [2.75, 3.05) is 32.8 Å².